The number of methoxy groups -OCH3 is 1. The second-order valence-electron chi connectivity index (χ2n) is 12.5. The van der Waals surface area contributed by atoms with E-state index in [1.54, 1.807) is 13.4 Å². The number of carbonyl (C=O) groups is 2. The normalized spacial score (nSPS) is 20.1. The lowest BCUT2D eigenvalue weighted by Crippen LogP contribution is -2.55. The summed E-state index contributed by atoms with van der Waals surface area (Å²) in [6.45, 7) is 3.57. The molecule has 9 nitrogen and oxygen atoms in total. The van der Waals surface area contributed by atoms with Crippen LogP contribution in [0, 0.1) is 0 Å². The molecular formula is C38H45N5O4. The Morgan fingerprint density at radius 2 is 1.53 bits per heavy atom. The van der Waals surface area contributed by atoms with Crippen LogP contribution < -0.4 is 5.32 Å². The third-order valence-corrected chi connectivity index (χ3v) is 9.35. The number of hydrogen-bond donors (Lipinski definition) is 1. The predicted octanol–water partition coefficient (Wildman–Crippen LogP) is 5.98. The van der Waals surface area contributed by atoms with Gasteiger partial charge in [-0.25, -0.2) is 9.78 Å². The van der Waals surface area contributed by atoms with Crippen LogP contribution in [0.25, 0.3) is 11.3 Å². The lowest BCUT2D eigenvalue weighted by molar-refractivity contribution is 0.0434. The van der Waals surface area contributed by atoms with Crippen LogP contribution in [0.5, 0.6) is 0 Å². The van der Waals surface area contributed by atoms with E-state index in [4.69, 9.17) is 14.5 Å². The van der Waals surface area contributed by atoms with Gasteiger partial charge in [-0.3, -0.25) is 9.69 Å². The van der Waals surface area contributed by atoms with E-state index in [2.05, 4.69) is 63.3 Å². The van der Waals surface area contributed by atoms with Gasteiger partial charge in [-0.05, 0) is 30.4 Å². The molecule has 1 aromatic heterocycles. The Morgan fingerprint density at radius 3 is 2.26 bits per heavy atom. The maximum absolute atomic E-state index is 14.7. The third kappa shape index (κ3) is 8.10. The predicted molar refractivity (Wildman–Crippen MR) is 182 cm³/mol. The van der Waals surface area contributed by atoms with Crippen molar-refractivity contribution in [2.24, 2.45) is 0 Å². The second kappa shape index (κ2) is 15.9. The first-order valence-corrected chi connectivity index (χ1v) is 16.8. The largest absolute Gasteiger partial charge is 0.447 e. The van der Waals surface area contributed by atoms with E-state index in [0.717, 1.165) is 63.0 Å². The molecule has 1 saturated heterocycles. The summed E-state index contributed by atoms with van der Waals surface area (Å²) in [5.41, 5.74) is 4.67. The Hall–Kier alpha value is -4.47. The number of rotatable bonds is 11. The van der Waals surface area contributed by atoms with Gasteiger partial charge in [0, 0.05) is 44.9 Å². The molecule has 2 fully saturated rings. The Bertz CT molecular complexity index is 1580. The third-order valence-electron chi connectivity index (χ3n) is 9.35. The lowest BCUT2D eigenvalue weighted by Gasteiger charge is -2.41. The number of carbonyl (C=O) groups excluding carboxylic acids is 2. The topological polar surface area (TPSA) is 88.9 Å². The van der Waals surface area contributed by atoms with Gasteiger partial charge < -0.3 is 24.3 Å². The first-order chi connectivity index (χ1) is 23.1. The van der Waals surface area contributed by atoms with Crippen LogP contribution in [-0.4, -0.2) is 83.4 Å². The summed E-state index contributed by atoms with van der Waals surface area (Å²) >= 11 is 0. The zero-order valence-electron chi connectivity index (χ0n) is 27.2. The summed E-state index contributed by atoms with van der Waals surface area (Å²) in [5.74, 6) is -0.0535. The van der Waals surface area contributed by atoms with Gasteiger partial charge in [0.25, 0.3) is 5.91 Å². The molecule has 0 radical (unpaired) electrons. The van der Waals surface area contributed by atoms with E-state index in [9.17, 15) is 9.59 Å². The van der Waals surface area contributed by atoms with Crippen LogP contribution in [0.1, 0.15) is 53.3 Å². The maximum Gasteiger partial charge on any atom is 0.407 e. The van der Waals surface area contributed by atoms with Gasteiger partial charge in [0.1, 0.15) is 6.61 Å². The van der Waals surface area contributed by atoms with Crippen molar-refractivity contribution >= 4 is 12.0 Å². The van der Waals surface area contributed by atoms with Crippen molar-refractivity contribution in [2.45, 2.75) is 56.8 Å². The highest BCUT2D eigenvalue weighted by Gasteiger charge is 2.36. The molecule has 47 heavy (non-hydrogen) atoms. The van der Waals surface area contributed by atoms with Gasteiger partial charge in [0.05, 0.1) is 30.7 Å². The van der Waals surface area contributed by atoms with Gasteiger partial charge in [-0.1, -0.05) is 104 Å². The Balaban J connectivity index is 1.29. The van der Waals surface area contributed by atoms with Crippen molar-refractivity contribution in [3.05, 3.63) is 114 Å². The molecule has 9 heteroatoms. The van der Waals surface area contributed by atoms with E-state index in [1.165, 1.54) is 11.1 Å². The molecule has 0 bridgehead atoms. The van der Waals surface area contributed by atoms with E-state index < -0.39 is 6.09 Å². The van der Waals surface area contributed by atoms with E-state index in [-0.39, 0.29) is 30.6 Å². The van der Waals surface area contributed by atoms with E-state index in [1.807, 2.05) is 47.4 Å². The zero-order chi connectivity index (χ0) is 32.4. The molecule has 3 aromatic carbocycles. The van der Waals surface area contributed by atoms with Gasteiger partial charge in [0.2, 0.25) is 0 Å². The fourth-order valence-electron chi connectivity index (χ4n) is 7.04. The Kier molecular flexibility index (Phi) is 11.0. The average molecular weight is 636 g/mol. The highest BCUT2D eigenvalue weighted by Crippen LogP contribution is 2.35. The second-order valence-corrected chi connectivity index (χ2v) is 12.5. The number of ether oxygens (including phenoxy) is 2. The molecule has 2 heterocycles. The van der Waals surface area contributed by atoms with Crippen LogP contribution >= 0.6 is 0 Å². The standard InChI is InChI=1S/C38H45N5O4/c1-46-23-24-47-38(45)40-33-19-11-12-20-34(33)43-28-39-35(36(43)31-17-9-4-10-18-31)37(44)42-22-21-41(26-30-15-7-3-8-16-30)27-32(42)25-29-13-5-2-6-14-29/h2-10,13-18,28,32-34H,11-12,19-27H2,1H3,(H,40,45)/t32-,33+,34+/m1/s1. The highest BCUT2D eigenvalue weighted by atomic mass is 16.6. The minimum absolute atomic E-state index is 0.0119. The first kappa shape index (κ1) is 32.5. The molecule has 6 rings (SSSR count). The van der Waals surface area contributed by atoms with E-state index in [0.29, 0.717) is 18.8 Å². The van der Waals surface area contributed by atoms with Crippen LogP contribution in [0.3, 0.4) is 0 Å². The molecule has 0 spiro atoms. The van der Waals surface area contributed by atoms with Crippen LogP contribution in [0.15, 0.2) is 97.3 Å². The fourth-order valence-corrected chi connectivity index (χ4v) is 7.04. The van der Waals surface area contributed by atoms with Crippen LogP contribution in [0.4, 0.5) is 4.79 Å². The van der Waals surface area contributed by atoms with Gasteiger partial charge in [-0.15, -0.1) is 0 Å². The number of amides is 2. The van der Waals surface area contributed by atoms with Gasteiger partial charge >= 0.3 is 6.09 Å². The summed E-state index contributed by atoms with van der Waals surface area (Å²) < 4.78 is 12.5. The number of nitrogens with one attached hydrogen (secondary N) is 1. The summed E-state index contributed by atoms with van der Waals surface area (Å²) in [6, 6.07) is 30.8. The smallest absolute Gasteiger partial charge is 0.407 e. The molecule has 2 aliphatic rings. The number of imidazole rings is 1. The number of aromatic nitrogens is 2. The van der Waals surface area contributed by atoms with Crippen LogP contribution in [-0.2, 0) is 22.4 Å². The first-order valence-electron chi connectivity index (χ1n) is 16.8. The van der Waals surface area contributed by atoms with Crippen molar-refractivity contribution in [2.75, 3.05) is 40.0 Å². The van der Waals surface area contributed by atoms with Crippen molar-refractivity contribution in [3.63, 3.8) is 0 Å². The summed E-state index contributed by atoms with van der Waals surface area (Å²) in [6.07, 6.45) is 5.83. The fraction of sp³-hybridized carbons (Fsp3) is 0.395. The molecule has 1 saturated carbocycles. The zero-order valence-corrected chi connectivity index (χ0v) is 27.2. The van der Waals surface area contributed by atoms with Crippen molar-refractivity contribution in [1.82, 2.24) is 24.7 Å². The monoisotopic (exact) mass is 635 g/mol. The molecule has 246 valence electrons. The van der Waals surface area contributed by atoms with Crippen LogP contribution in [0.2, 0.25) is 0 Å². The molecule has 1 aliphatic heterocycles. The average Bonchev–Trinajstić information content (AvgIpc) is 3.55. The number of hydrogen-bond acceptors (Lipinski definition) is 6. The number of alkyl carbamates (subject to hydrolysis) is 1. The lowest BCUT2D eigenvalue weighted by atomic mass is 9.89. The molecule has 1 N–H and O–H groups in total. The highest BCUT2D eigenvalue weighted by molar-refractivity contribution is 5.98. The Morgan fingerprint density at radius 1 is 0.851 bits per heavy atom. The van der Waals surface area contributed by atoms with Gasteiger partial charge in [0.15, 0.2) is 5.69 Å². The maximum atomic E-state index is 14.7. The number of nitrogens with zero attached hydrogens (tertiary/aromatic N) is 4. The summed E-state index contributed by atoms with van der Waals surface area (Å²) in [7, 11) is 1.58. The molecule has 1 aliphatic carbocycles. The van der Waals surface area contributed by atoms with Crippen molar-refractivity contribution < 1.29 is 19.1 Å². The molecule has 4 aromatic rings. The number of benzene rings is 3. The quantitative estimate of drug-likeness (QED) is 0.204. The molecule has 2 amide bonds. The van der Waals surface area contributed by atoms with Gasteiger partial charge in [-0.2, -0.15) is 0 Å². The minimum atomic E-state index is -0.450. The summed E-state index contributed by atoms with van der Waals surface area (Å²) in [5, 5.41) is 3.10. The Labute approximate surface area is 277 Å². The summed E-state index contributed by atoms with van der Waals surface area (Å²) in [4.78, 5) is 36.7. The molecule has 0 unspecified atom stereocenters. The SMILES string of the molecule is COCCOC(=O)N[C@H]1CCCC[C@@H]1n1cnc(C(=O)N2CCN(Cc3ccccc3)C[C@H]2Cc2ccccc2)c1-c1ccccc1. The van der Waals surface area contributed by atoms with Crippen molar-refractivity contribution in [1.29, 1.82) is 0 Å². The molecule has 3 atom stereocenters. The van der Waals surface area contributed by atoms with E-state index >= 15 is 0 Å². The molecular weight excluding hydrogens is 590 g/mol. The minimum Gasteiger partial charge on any atom is -0.447 e. The number of piperazine rings is 1. The van der Waals surface area contributed by atoms with Crippen molar-refractivity contribution in [3.8, 4) is 11.3 Å².